The lowest BCUT2D eigenvalue weighted by molar-refractivity contribution is -0.131. The first kappa shape index (κ1) is 25.1. The summed E-state index contributed by atoms with van der Waals surface area (Å²) in [4.78, 5) is 27.6. The molecule has 9 nitrogen and oxygen atoms in total. The maximum atomic E-state index is 12.5. The molecule has 0 bridgehead atoms. The lowest BCUT2D eigenvalue weighted by Gasteiger charge is -2.10. The SMILES string of the molecule is CC(=O)Oc1ccc(/C(C)=N/NC(=O)CSc2nnc(-c3ccncc3)n2-c2ccc(Cl)cc2)cc1. The highest BCUT2D eigenvalue weighted by Crippen LogP contribution is 2.28. The summed E-state index contributed by atoms with van der Waals surface area (Å²) in [5.41, 5.74) is 5.59. The molecule has 0 radical (unpaired) electrons. The highest BCUT2D eigenvalue weighted by atomic mass is 35.5. The van der Waals surface area contributed by atoms with Crippen LogP contribution in [0.25, 0.3) is 17.1 Å². The van der Waals surface area contributed by atoms with Gasteiger partial charge in [0.15, 0.2) is 11.0 Å². The van der Waals surface area contributed by atoms with E-state index >= 15 is 0 Å². The maximum Gasteiger partial charge on any atom is 0.308 e. The van der Waals surface area contributed by atoms with Crippen molar-refractivity contribution in [2.75, 3.05) is 5.75 Å². The average Bonchev–Trinajstić information content (AvgIpc) is 3.31. The van der Waals surface area contributed by atoms with Gasteiger partial charge in [0.1, 0.15) is 5.75 Å². The Kier molecular flexibility index (Phi) is 8.09. The van der Waals surface area contributed by atoms with Crippen molar-refractivity contribution < 1.29 is 14.3 Å². The fraction of sp³-hybridized carbons (Fsp3) is 0.120. The Bertz CT molecular complexity index is 1390. The van der Waals surface area contributed by atoms with Gasteiger partial charge in [-0.25, -0.2) is 5.43 Å². The van der Waals surface area contributed by atoms with Gasteiger partial charge in [0.2, 0.25) is 0 Å². The number of aromatic nitrogens is 4. The third-order valence-corrected chi connectivity index (χ3v) is 6.05. The molecular formula is C25H21ClN6O3S. The summed E-state index contributed by atoms with van der Waals surface area (Å²) < 4.78 is 6.89. The molecule has 1 amide bonds. The van der Waals surface area contributed by atoms with E-state index in [1.54, 1.807) is 55.7 Å². The fourth-order valence-corrected chi connectivity index (χ4v) is 4.05. The largest absolute Gasteiger partial charge is 0.427 e. The van der Waals surface area contributed by atoms with E-state index in [0.717, 1.165) is 16.8 Å². The monoisotopic (exact) mass is 520 g/mol. The van der Waals surface area contributed by atoms with Crippen LogP contribution in [0.3, 0.4) is 0 Å². The predicted octanol–water partition coefficient (Wildman–Crippen LogP) is 4.54. The highest BCUT2D eigenvalue weighted by Gasteiger charge is 2.17. The molecule has 0 aliphatic heterocycles. The molecule has 0 spiro atoms. The Balaban J connectivity index is 1.46. The van der Waals surface area contributed by atoms with E-state index in [9.17, 15) is 9.59 Å². The van der Waals surface area contributed by atoms with Gasteiger partial charge < -0.3 is 4.74 Å². The van der Waals surface area contributed by atoms with Crippen LogP contribution in [0.4, 0.5) is 0 Å². The van der Waals surface area contributed by atoms with Crippen molar-refractivity contribution >= 4 is 41.0 Å². The summed E-state index contributed by atoms with van der Waals surface area (Å²) in [6, 6.07) is 17.8. The van der Waals surface area contributed by atoms with Gasteiger partial charge in [-0.3, -0.25) is 19.1 Å². The van der Waals surface area contributed by atoms with E-state index in [-0.39, 0.29) is 11.7 Å². The molecular weight excluding hydrogens is 500 g/mol. The van der Waals surface area contributed by atoms with Crippen LogP contribution in [0.5, 0.6) is 5.75 Å². The number of esters is 1. The van der Waals surface area contributed by atoms with Crippen molar-refractivity contribution in [3.05, 3.63) is 83.6 Å². The number of halogens is 1. The van der Waals surface area contributed by atoms with Crippen molar-refractivity contribution in [2.24, 2.45) is 5.10 Å². The average molecular weight is 521 g/mol. The van der Waals surface area contributed by atoms with Crippen LogP contribution < -0.4 is 10.2 Å². The van der Waals surface area contributed by atoms with E-state index in [1.165, 1.54) is 18.7 Å². The number of nitrogens with one attached hydrogen (secondary N) is 1. The van der Waals surface area contributed by atoms with Gasteiger partial charge in [-0.2, -0.15) is 5.10 Å². The molecule has 2 aromatic heterocycles. The van der Waals surface area contributed by atoms with Crippen LogP contribution in [-0.2, 0) is 9.59 Å². The standard InChI is InChI=1S/C25H21ClN6O3S/c1-16(18-3-9-22(10-4-18)35-17(2)33)28-29-23(34)15-36-25-31-30-24(19-11-13-27-14-12-19)32(25)21-7-5-20(26)6-8-21/h3-14H,15H2,1-2H3,(H,29,34)/b28-16+. The van der Waals surface area contributed by atoms with Crippen LogP contribution in [0.1, 0.15) is 19.4 Å². The first-order valence-electron chi connectivity index (χ1n) is 10.8. The van der Waals surface area contributed by atoms with Crippen LogP contribution in [0.15, 0.2) is 83.3 Å². The number of hydrogen-bond donors (Lipinski definition) is 1. The number of rotatable bonds is 8. The molecule has 4 aromatic rings. The van der Waals surface area contributed by atoms with E-state index in [4.69, 9.17) is 16.3 Å². The molecule has 1 N–H and O–H groups in total. The first-order chi connectivity index (χ1) is 17.4. The third-order valence-electron chi connectivity index (χ3n) is 4.87. The fourth-order valence-electron chi connectivity index (χ4n) is 3.18. The molecule has 36 heavy (non-hydrogen) atoms. The van der Waals surface area contributed by atoms with Crippen molar-refractivity contribution in [3.63, 3.8) is 0 Å². The molecule has 2 heterocycles. The number of benzene rings is 2. The molecule has 0 saturated carbocycles. The molecule has 182 valence electrons. The molecule has 11 heteroatoms. The molecule has 0 aliphatic rings. The van der Waals surface area contributed by atoms with E-state index in [0.29, 0.717) is 27.5 Å². The van der Waals surface area contributed by atoms with E-state index < -0.39 is 5.97 Å². The number of thioether (sulfide) groups is 1. The summed E-state index contributed by atoms with van der Waals surface area (Å²) in [6.45, 7) is 3.11. The van der Waals surface area contributed by atoms with Crippen molar-refractivity contribution in [1.29, 1.82) is 0 Å². The normalized spacial score (nSPS) is 11.2. The Morgan fingerprint density at radius 1 is 1.00 bits per heavy atom. The maximum absolute atomic E-state index is 12.5. The first-order valence-corrected chi connectivity index (χ1v) is 12.1. The molecule has 0 saturated heterocycles. The topological polar surface area (TPSA) is 111 Å². The number of carbonyl (C=O) groups is 2. The molecule has 0 fully saturated rings. The van der Waals surface area contributed by atoms with Gasteiger partial charge in [-0.1, -0.05) is 23.4 Å². The van der Waals surface area contributed by atoms with Gasteiger partial charge in [0.25, 0.3) is 5.91 Å². The summed E-state index contributed by atoms with van der Waals surface area (Å²) >= 11 is 7.30. The van der Waals surface area contributed by atoms with Gasteiger partial charge in [-0.05, 0) is 73.2 Å². The van der Waals surface area contributed by atoms with Crippen LogP contribution in [0, 0.1) is 0 Å². The van der Waals surface area contributed by atoms with E-state index in [1.807, 2.05) is 28.8 Å². The Morgan fingerprint density at radius 2 is 1.69 bits per heavy atom. The number of ether oxygens (including phenoxy) is 1. The number of hydrazone groups is 1. The molecule has 2 aromatic carbocycles. The highest BCUT2D eigenvalue weighted by molar-refractivity contribution is 7.99. The Labute approximate surface area is 216 Å². The molecule has 4 rings (SSSR count). The molecule has 0 unspecified atom stereocenters. The lowest BCUT2D eigenvalue weighted by Crippen LogP contribution is -2.21. The predicted molar refractivity (Wildman–Crippen MR) is 138 cm³/mol. The molecule has 0 atom stereocenters. The number of hydrogen-bond acceptors (Lipinski definition) is 8. The quantitative estimate of drug-likeness (QED) is 0.119. The summed E-state index contributed by atoms with van der Waals surface area (Å²) in [6.07, 6.45) is 3.36. The number of pyridine rings is 1. The Morgan fingerprint density at radius 3 is 2.36 bits per heavy atom. The second-order valence-electron chi connectivity index (χ2n) is 7.49. The van der Waals surface area contributed by atoms with Crippen molar-refractivity contribution in [3.8, 4) is 22.8 Å². The summed E-state index contributed by atoms with van der Waals surface area (Å²) in [5.74, 6) is 0.443. The number of nitrogens with zero attached hydrogens (tertiary/aromatic N) is 5. The minimum Gasteiger partial charge on any atom is -0.427 e. The van der Waals surface area contributed by atoms with Gasteiger partial charge in [-0.15, -0.1) is 10.2 Å². The van der Waals surface area contributed by atoms with Crippen LogP contribution >= 0.6 is 23.4 Å². The Hall–Kier alpha value is -4.02. The zero-order valence-corrected chi connectivity index (χ0v) is 21.0. The lowest BCUT2D eigenvalue weighted by atomic mass is 10.1. The van der Waals surface area contributed by atoms with Gasteiger partial charge in [0.05, 0.1) is 11.5 Å². The minimum absolute atomic E-state index is 0.0736. The second-order valence-corrected chi connectivity index (χ2v) is 8.87. The summed E-state index contributed by atoms with van der Waals surface area (Å²) in [5, 5.41) is 14.0. The summed E-state index contributed by atoms with van der Waals surface area (Å²) in [7, 11) is 0. The minimum atomic E-state index is -0.391. The zero-order chi connectivity index (χ0) is 25.5. The van der Waals surface area contributed by atoms with Crippen molar-refractivity contribution in [2.45, 2.75) is 19.0 Å². The van der Waals surface area contributed by atoms with Gasteiger partial charge >= 0.3 is 5.97 Å². The van der Waals surface area contributed by atoms with Crippen molar-refractivity contribution in [1.82, 2.24) is 25.2 Å². The van der Waals surface area contributed by atoms with Crippen LogP contribution in [0.2, 0.25) is 5.02 Å². The smallest absolute Gasteiger partial charge is 0.308 e. The second kappa shape index (κ2) is 11.6. The molecule has 0 aliphatic carbocycles. The third kappa shape index (κ3) is 6.35. The number of carbonyl (C=O) groups excluding carboxylic acids is 2. The number of amides is 1. The van der Waals surface area contributed by atoms with E-state index in [2.05, 4.69) is 25.7 Å². The van der Waals surface area contributed by atoms with Gasteiger partial charge in [0, 0.05) is 35.6 Å². The van der Waals surface area contributed by atoms with Crippen LogP contribution in [-0.4, -0.2) is 43.1 Å². The zero-order valence-electron chi connectivity index (χ0n) is 19.4.